The molecule has 1 atom stereocenters. The molecular formula is C16H17F3N4OS2. The second kappa shape index (κ2) is 7.51. The minimum atomic E-state index is -4.57. The van der Waals surface area contributed by atoms with Crippen molar-refractivity contribution < 1.29 is 18.0 Å². The molecule has 10 heteroatoms. The fourth-order valence-corrected chi connectivity index (χ4v) is 4.54. The van der Waals surface area contributed by atoms with Gasteiger partial charge in [0.15, 0.2) is 5.16 Å². The van der Waals surface area contributed by atoms with Gasteiger partial charge in [-0.2, -0.15) is 13.2 Å². The van der Waals surface area contributed by atoms with Gasteiger partial charge in [-0.15, -0.1) is 22.0 Å². The van der Waals surface area contributed by atoms with Crippen LogP contribution in [0.2, 0.25) is 0 Å². The monoisotopic (exact) mass is 402 g/mol. The number of rotatable bonds is 3. The lowest BCUT2D eigenvalue weighted by atomic mass is 10.2. The maximum atomic E-state index is 12.8. The Morgan fingerprint density at radius 2 is 2.08 bits per heavy atom. The predicted molar refractivity (Wildman–Crippen MR) is 95.5 cm³/mol. The van der Waals surface area contributed by atoms with Crippen LogP contribution in [0.25, 0.3) is 0 Å². The molecule has 2 heterocycles. The van der Waals surface area contributed by atoms with E-state index in [1.807, 2.05) is 24.3 Å². The number of anilines is 1. The summed E-state index contributed by atoms with van der Waals surface area (Å²) in [5.41, 5.74) is 0.849. The fourth-order valence-electron chi connectivity index (χ4n) is 2.64. The van der Waals surface area contributed by atoms with Crippen LogP contribution in [0.1, 0.15) is 19.2 Å². The molecular weight excluding hydrogens is 385 g/mol. The summed E-state index contributed by atoms with van der Waals surface area (Å²) < 4.78 is 39.2. The number of amides is 1. The molecule has 0 spiro atoms. The highest BCUT2D eigenvalue weighted by molar-refractivity contribution is 8.00. The van der Waals surface area contributed by atoms with Crippen LogP contribution in [0.15, 0.2) is 34.3 Å². The zero-order chi connectivity index (χ0) is 18.9. The summed E-state index contributed by atoms with van der Waals surface area (Å²) in [7, 11) is 1.25. The second-order valence-corrected chi connectivity index (χ2v) is 8.30. The molecule has 3 rings (SSSR count). The Kier molecular flexibility index (Phi) is 5.52. The number of thioether (sulfide) groups is 2. The number of alkyl halides is 3. The Morgan fingerprint density at radius 1 is 1.35 bits per heavy atom. The normalized spacial score (nSPS) is 17.7. The summed E-state index contributed by atoms with van der Waals surface area (Å²) >= 11 is 2.68. The Bertz CT molecular complexity index is 809. The van der Waals surface area contributed by atoms with E-state index < -0.39 is 12.0 Å². The summed E-state index contributed by atoms with van der Waals surface area (Å²) in [6.07, 6.45) is -3.72. The Balaban J connectivity index is 1.74. The number of nitrogens with zero attached hydrogens (tertiary/aromatic N) is 4. The number of hydrogen-bond donors (Lipinski definition) is 0. The zero-order valence-corrected chi connectivity index (χ0v) is 15.8. The van der Waals surface area contributed by atoms with Crippen LogP contribution < -0.4 is 4.90 Å². The van der Waals surface area contributed by atoms with Crippen molar-refractivity contribution in [3.63, 3.8) is 0 Å². The van der Waals surface area contributed by atoms with Gasteiger partial charge in [-0.1, -0.05) is 30.8 Å². The van der Waals surface area contributed by atoms with Crippen molar-refractivity contribution in [2.24, 2.45) is 7.05 Å². The molecule has 0 saturated carbocycles. The van der Waals surface area contributed by atoms with Crippen LogP contribution in [0.3, 0.4) is 0 Å². The molecule has 0 fully saturated rings. The van der Waals surface area contributed by atoms with E-state index in [4.69, 9.17) is 0 Å². The second-order valence-electron chi connectivity index (χ2n) is 5.88. The lowest BCUT2D eigenvalue weighted by Gasteiger charge is -2.22. The Labute approximate surface area is 157 Å². The summed E-state index contributed by atoms with van der Waals surface area (Å²) in [5.74, 6) is -1.23. The van der Waals surface area contributed by atoms with Crippen LogP contribution in [0, 0.1) is 0 Å². The van der Waals surface area contributed by atoms with E-state index in [1.54, 1.807) is 16.7 Å². The third-order valence-corrected chi connectivity index (χ3v) is 6.20. The van der Waals surface area contributed by atoms with Crippen molar-refractivity contribution in [3.05, 3.63) is 30.1 Å². The number of para-hydroxylation sites is 1. The predicted octanol–water partition coefficient (Wildman–Crippen LogP) is 3.84. The third kappa shape index (κ3) is 4.01. The lowest BCUT2D eigenvalue weighted by Crippen LogP contribution is -2.33. The van der Waals surface area contributed by atoms with E-state index in [2.05, 4.69) is 17.1 Å². The molecule has 1 aliphatic heterocycles. The molecule has 0 aliphatic carbocycles. The summed E-state index contributed by atoms with van der Waals surface area (Å²) in [4.78, 5) is 15.5. The lowest BCUT2D eigenvalue weighted by molar-refractivity contribution is -0.147. The molecule has 0 radical (unpaired) electrons. The molecule has 140 valence electrons. The van der Waals surface area contributed by atoms with Gasteiger partial charge >= 0.3 is 6.18 Å². The van der Waals surface area contributed by atoms with Gasteiger partial charge < -0.3 is 9.47 Å². The highest BCUT2D eigenvalue weighted by Crippen LogP contribution is 2.37. The fraction of sp³-hybridized carbons (Fsp3) is 0.438. The quantitative estimate of drug-likeness (QED) is 0.730. The number of benzene rings is 1. The van der Waals surface area contributed by atoms with Gasteiger partial charge in [0, 0.05) is 23.7 Å². The van der Waals surface area contributed by atoms with E-state index in [9.17, 15) is 18.0 Å². The van der Waals surface area contributed by atoms with Gasteiger partial charge in [-0.05, 0) is 18.6 Å². The number of aromatic nitrogens is 3. The number of halogens is 3. The molecule has 2 aromatic rings. The van der Waals surface area contributed by atoms with E-state index in [0.29, 0.717) is 11.8 Å². The number of hydrogen-bond acceptors (Lipinski definition) is 5. The number of fused-ring (bicyclic) bond motifs is 1. The number of carbonyl (C=O) groups is 1. The van der Waals surface area contributed by atoms with Gasteiger partial charge in [-0.3, -0.25) is 4.79 Å². The van der Waals surface area contributed by atoms with Crippen molar-refractivity contribution in [1.29, 1.82) is 0 Å². The van der Waals surface area contributed by atoms with Crippen molar-refractivity contribution in [2.45, 2.75) is 34.8 Å². The first-order valence-electron chi connectivity index (χ1n) is 7.93. The van der Waals surface area contributed by atoms with Crippen molar-refractivity contribution in [1.82, 2.24) is 14.8 Å². The van der Waals surface area contributed by atoms with Crippen molar-refractivity contribution in [2.75, 3.05) is 17.2 Å². The van der Waals surface area contributed by atoms with Gasteiger partial charge in [0.1, 0.15) is 0 Å². The smallest absolute Gasteiger partial charge is 0.311 e. The van der Waals surface area contributed by atoms with E-state index >= 15 is 0 Å². The molecule has 1 aliphatic rings. The van der Waals surface area contributed by atoms with Gasteiger partial charge in [0.2, 0.25) is 11.7 Å². The maximum Gasteiger partial charge on any atom is 0.451 e. The van der Waals surface area contributed by atoms with Gasteiger partial charge in [-0.25, -0.2) is 0 Å². The van der Waals surface area contributed by atoms with Crippen LogP contribution in [0.5, 0.6) is 0 Å². The Hall–Kier alpha value is -1.68. The van der Waals surface area contributed by atoms with E-state index in [1.165, 1.54) is 7.05 Å². The molecule has 0 bridgehead atoms. The first-order valence-corrected chi connectivity index (χ1v) is 9.79. The van der Waals surface area contributed by atoms with Crippen LogP contribution in [-0.4, -0.2) is 38.2 Å². The van der Waals surface area contributed by atoms with Crippen LogP contribution >= 0.6 is 23.5 Å². The van der Waals surface area contributed by atoms with Crippen LogP contribution in [-0.2, 0) is 18.0 Å². The standard InChI is InChI=1S/C16H17F3N4OS2/c1-10-7-8-23(11-5-3-4-6-12(11)26-10)13(24)9-25-15-21-20-14(22(15)2)16(17,18)19/h3-6,10H,7-9H2,1-2H3/t10-/m0/s1. The van der Waals surface area contributed by atoms with E-state index in [0.717, 1.165) is 33.3 Å². The van der Waals surface area contributed by atoms with Crippen LogP contribution in [0.4, 0.5) is 18.9 Å². The molecule has 1 aromatic carbocycles. The largest absolute Gasteiger partial charge is 0.451 e. The zero-order valence-electron chi connectivity index (χ0n) is 14.2. The SMILES string of the molecule is C[C@H]1CCN(C(=O)CSc2nnc(C(F)(F)F)n2C)c2ccccc2S1. The van der Waals surface area contributed by atoms with Crippen molar-refractivity contribution in [3.8, 4) is 0 Å². The topological polar surface area (TPSA) is 51.0 Å². The third-order valence-electron chi connectivity index (χ3n) is 3.96. The molecule has 0 unspecified atom stereocenters. The maximum absolute atomic E-state index is 12.8. The highest BCUT2D eigenvalue weighted by atomic mass is 32.2. The molecule has 5 nitrogen and oxygen atoms in total. The first-order chi connectivity index (χ1) is 12.3. The highest BCUT2D eigenvalue weighted by Gasteiger charge is 2.37. The first kappa shape index (κ1) is 19.1. The van der Waals surface area contributed by atoms with Gasteiger partial charge in [0.05, 0.1) is 11.4 Å². The number of carbonyl (C=O) groups excluding carboxylic acids is 1. The Morgan fingerprint density at radius 3 is 2.77 bits per heavy atom. The molecule has 0 N–H and O–H groups in total. The minimum absolute atomic E-state index is 0.00277. The summed E-state index contributed by atoms with van der Waals surface area (Å²) in [5, 5.41) is 7.18. The minimum Gasteiger partial charge on any atom is -0.311 e. The summed E-state index contributed by atoms with van der Waals surface area (Å²) in [6.45, 7) is 2.69. The average molecular weight is 402 g/mol. The summed E-state index contributed by atoms with van der Waals surface area (Å²) in [6, 6.07) is 7.68. The van der Waals surface area contributed by atoms with Crippen molar-refractivity contribution >= 4 is 35.1 Å². The van der Waals surface area contributed by atoms with E-state index in [-0.39, 0.29) is 16.8 Å². The average Bonchev–Trinajstić information content (AvgIpc) is 2.86. The molecule has 0 saturated heterocycles. The molecule has 1 aromatic heterocycles. The molecule has 1 amide bonds. The molecule has 26 heavy (non-hydrogen) atoms. The van der Waals surface area contributed by atoms with Gasteiger partial charge in [0.25, 0.3) is 0 Å².